The molecule has 150 valence electrons. The van der Waals surface area contributed by atoms with Crippen LogP contribution in [-0.2, 0) is 10.3 Å². The molecule has 0 spiro atoms. The van der Waals surface area contributed by atoms with E-state index in [9.17, 15) is 5.11 Å². The molecule has 3 N–H and O–H groups in total. The number of nitrogens with zero attached hydrogens (tertiary/aromatic N) is 4. The molecule has 0 saturated carbocycles. The van der Waals surface area contributed by atoms with Crippen molar-refractivity contribution in [2.24, 2.45) is 0 Å². The third-order valence-electron chi connectivity index (χ3n) is 5.78. The van der Waals surface area contributed by atoms with Gasteiger partial charge in [-0.3, -0.25) is 4.90 Å². The van der Waals surface area contributed by atoms with E-state index in [-0.39, 0.29) is 12.0 Å². The second kappa shape index (κ2) is 7.83. The number of hydrogen-bond donors (Lipinski definition) is 2. The molecule has 8 heteroatoms. The first kappa shape index (κ1) is 19.4. The second-order valence-corrected chi connectivity index (χ2v) is 7.83. The lowest BCUT2D eigenvalue weighted by molar-refractivity contribution is -0.0911. The minimum absolute atomic E-state index is 0.111. The summed E-state index contributed by atoms with van der Waals surface area (Å²) in [6.07, 6.45) is 0.568. The predicted octanol–water partition coefficient (Wildman–Crippen LogP) is 1.82. The maximum absolute atomic E-state index is 11.8. The summed E-state index contributed by atoms with van der Waals surface area (Å²) in [5.41, 5.74) is 6.53. The zero-order chi connectivity index (χ0) is 19.7. The molecule has 2 aliphatic heterocycles. The SMILES string of the molecule is Cc1nc(N)nc(N2CC[C@](O)(c3ccccc3)[C@H](N3CCOCC3)C2)c1Cl. The van der Waals surface area contributed by atoms with Gasteiger partial charge in [0.25, 0.3) is 0 Å². The molecule has 1 aromatic heterocycles. The van der Waals surface area contributed by atoms with Gasteiger partial charge in [0.1, 0.15) is 10.6 Å². The van der Waals surface area contributed by atoms with Crippen molar-refractivity contribution in [2.75, 3.05) is 50.0 Å². The number of rotatable bonds is 3. The molecule has 3 heterocycles. The Morgan fingerprint density at radius 3 is 2.61 bits per heavy atom. The number of halogens is 1. The van der Waals surface area contributed by atoms with Gasteiger partial charge in [-0.1, -0.05) is 41.9 Å². The third kappa shape index (κ3) is 3.55. The number of nitrogens with two attached hydrogens (primary N) is 1. The monoisotopic (exact) mass is 403 g/mol. The van der Waals surface area contributed by atoms with E-state index in [2.05, 4.69) is 19.8 Å². The largest absolute Gasteiger partial charge is 0.383 e. The Labute approximate surface area is 170 Å². The summed E-state index contributed by atoms with van der Waals surface area (Å²) in [6, 6.07) is 9.81. The standard InChI is InChI=1S/C20H26ClN5O2/c1-14-17(21)18(24-19(22)23-14)26-8-7-20(27,15-5-3-2-4-6-15)16(13-26)25-9-11-28-12-10-25/h2-6,16,27H,7-13H2,1H3,(H2,22,23,24)/t16-,20+/m1/s1. The molecule has 1 aromatic carbocycles. The molecule has 28 heavy (non-hydrogen) atoms. The Bertz CT molecular complexity index is 831. The number of anilines is 2. The molecule has 2 aliphatic rings. The van der Waals surface area contributed by atoms with Gasteiger partial charge in [0.2, 0.25) is 5.95 Å². The average molecular weight is 404 g/mol. The molecule has 2 fully saturated rings. The molecule has 0 unspecified atom stereocenters. The van der Waals surface area contributed by atoms with Crippen LogP contribution in [-0.4, -0.2) is 65.4 Å². The molecule has 2 saturated heterocycles. The maximum Gasteiger partial charge on any atom is 0.222 e. The second-order valence-electron chi connectivity index (χ2n) is 7.46. The lowest BCUT2D eigenvalue weighted by Gasteiger charge is -2.50. The lowest BCUT2D eigenvalue weighted by atomic mass is 9.79. The van der Waals surface area contributed by atoms with E-state index in [0.717, 1.165) is 18.7 Å². The highest BCUT2D eigenvalue weighted by atomic mass is 35.5. The first-order chi connectivity index (χ1) is 13.5. The maximum atomic E-state index is 11.8. The molecular weight excluding hydrogens is 378 g/mol. The Morgan fingerprint density at radius 1 is 1.18 bits per heavy atom. The first-order valence-electron chi connectivity index (χ1n) is 9.63. The van der Waals surface area contributed by atoms with Crippen LogP contribution in [0.1, 0.15) is 17.7 Å². The lowest BCUT2D eigenvalue weighted by Crippen LogP contribution is -2.62. The molecule has 7 nitrogen and oxygen atoms in total. The smallest absolute Gasteiger partial charge is 0.222 e. The van der Waals surface area contributed by atoms with E-state index < -0.39 is 5.60 Å². The third-order valence-corrected chi connectivity index (χ3v) is 6.23. The van der Waals surface area contributed by atoms with Crippen molar-refractivity contribution in [3.63, 3.8) is 0 Å². The zero-order valence-electron chi connectivity index (χ0n) is 16.0. The molecule has 0 bridgehead atoms. The summed E-state index contributed by atoms with van der Waals surface area (Å²) in [7, 11) is 0. The molecule has 2 aromatic rings. The number of nitrogen functional groups attached to an aromatic ring is 1. The number of benzene rings is 1. The zero-order valence-corrected chi connectivity index (χ0v) is 16.8. The fourth-order valence-electron chi connectivity index (χ4n) is 4.26. The van der Waals surface area contributed by atoms with Gasteiger partial charge < -0.3 is 20.5 Å². The number of hydrogen-bond acceptors (Lipinski definition) is 7. The molecule has 0 radical (unpaired) electrons. The van der Waals surface area contributed by atoms with Crippen molar-refractivity contribution in [3.8, 4) is 0 Å². The summed E-state index contributed by atoms with van der Waals surface area (Å²) in [5, 5.41) is 12.3. The first-order valence-corrected chi connectivity index (χ1v) is 10.0. The van der Waals surface area contributed by atoms with Crippen LogP contribution >= 0.6 is 11.6 Å². The van der Waals surface area contributed by atoms with Crippen LogP contribution < -0.4 is 10.6 Å². The normalized spacial score (nSPS) is 26.4. The molecule has 4 rings (SSSR count). The van der Waals surface area contributed by atoms with Gasteiger partial charge in [0, 0.05) is 26.2 Å². The van der Waals surface area contributed by atoms with Crippen LogP contribution in [0.3, 0.4) is 0 Å². The van der Waals surface area contributed by atoms with Crippen molar-refractivity contribution < 1.29 is 9.84 Å². The highest BCUT2D eigenvalue weighted by Crippen LogP contribution is 2.39. The minimum atomic E-state index is -0.949. The van der Waals surface area contributed by atoms with Crippen molar-refractivity contribution in [2.45, 2.75) is 25.0 Å². The number of aryl methyl sites for hydroxylation is 1. The Morgan fingerprint density at radius 2 is 1.89 bits per heavy atom. The van der Waals surface area contributed by atoms with Crippen LogP contribution in [0.5, 0.6) is 0 Å². The van der Waals surface area contributed by atoms with Crippen LogP contribution in [0.15, 0.2) is 30.3 Å². The van der Waals surface area contributed by atoms with Crippen molar-refractivity contribution >= 4 is 23.4 Å². The van der Waals surface area contributed by atoms with Crippen molar-refractivity contribution in [3.05, 3.63) is 46.6 Å². The summed E-state index contributed by atoms with van der Waals surface area (Å²) in [5.74, 6) is 0.851. The minimum Gasteiger partial charge on any atom is -0.383 e. The van der Waals surface area contributed by atoms with E-state index in [4.69, 9.17) is 22.1 Å². The van der Waals surface area contributed by atoms with Crippen molar-refractivity contribution in [1.29, 1.82) is 0 Å². The molecular formula is C20H26ClN5O2. The quantitative estimate of drug-likeness (QED) is 0.808. The van der Waals surface area contributed by atoms with Gasteiger partial charge in [-0.15, -0.1) is 0 Å². The van der Waals surface area contributed by atoms with Crippen molar-refractivity contribution in [1.82, 2.24) is 14.9 Å². The molecule has 2 atom stereocenters. The van der Waals surface area contributed by atoms with Gasteiger partial charge in [-0.05, 0) is 18.9 Å². The van der Waals surface area contributed by atoms with Gasteiger partial charge in [0.05, 0.1) is 24.9 Å². The number of morpholine rings is 1. The topological polar surface area (TPSA) is 87.7 Å². The molecule has 0 aliphatic carbocycles. The highest BCUT2D eigenvalue weighted by Gasteiger charge is 2.46. The summed E-state index contributed by atoms with van der Waals surface area (Å²) in [6.45, 7) is 5.96. The summed E-state index contributed by atoms with van der Waals surface area (Å²) >= 11 is 6.50. The van der Waals surface area contributed by atoms with E-state index in [1.165, 1.54) is 0 Å². The van der Waals surface area contributed by atoms with Crippen LogP contribution in [0.25, 0.3) is 0 Å². The fraction of sp³-hybridized carbons (Fsp3) is 0.500. The van der Waals surface area contributed by atoms with Crippen LogP contribution in [0.4, 0.5) is 11.8 Å². The average Bonchev–Trinajstić information content (AvgIpc) is 2.72. The Hall–Kier alpha value is -1.93. The van der Waals surface area contributed by atoms with Gasteiger partial charge in [-0.2, -0.15) is 4.98 Å². The fourth-order valence-corrected chi connectivity index (χ4v) is 4.46. The van der Waals surface area contributed by atoms with E-state index in [1.807, 2.05) is 37.3 Å². The van der Waals surface area contributed by atoms with E-state index in [0.29, 0.717) is 49.3 Å². The number of aromatic nitrogens is 2. The Balaban J connectivity index is 1.69. The van der Waals surface area contributed by atoms with Gasteiger partial charge in [0.15, 0.2) is 5.82 Å². The summed E-state index contributed by atoms with van der Waals surface area (Å²) in [4.78, 5) is 13.0. The predicted molar refractivity (Wildman–Crippen MR) is 110 cm³/mol. The molecule has 0 amide bonds. The van der Waals surface area contributed by atoms with E-state index >= 15 is 0 Å². The highest BCUT2D eigenvalue weighted by molar-refractivity contribution is 6.33. The number of piperidine rings is 1. The summed E-state index contributed by atoms with van der Waals surface area (Å²) < 4.78 is 5.53. The number of aliphatic hydroxyl groups is 1. The van der Waals surface area contributed by atoms with Gasteiger partial charge >= 0.3 is 0 Å². The van der Waals surface area contributed by atoms with Gasteiger partial charge in [-0.25, -0.2) is 4.98 Å². The number of ether oxygens (including phenoxy) is 1. The van der Waals surface area contributed by atoms with Crippen LogP contribution in [0, 0.1) is 6.92 Å². The van der Waals surface area contributed by atoms with E-state index in [1.54, 1.807) is 0 Å². The van der Waals surface area contributed by atoms with Crippen LogP contribution in [0.2, 0.25) is 5.02 Å². The Kier molecular flexibility index (Phi) is 5.42.